The van der Waals surface area contributed by atoms with Crippen LogP contribution in [0.3, 0.4) is 0 Å². The Labute approximate surface area is 194 Å². The maximum Gasteiger partial charge on any atom is 0.251 e. The first-order valence-electron chi connectivity index (χ1n) is 10.3. The number of aromatic nitrogens is 2. The van der Waals surface area contributed by atoms with E-state index < -0.39 is 15.6 Å². The fourth-order valence-corrected chi connectivity index (χ4v) is 6.82. The number of thiophene rings is 1. The van der Waals surface area contributed by atoms with E-state index in [0.717, 1.165) is 38.1 Å². The molecule has 4 aromatic rings. The quantitative estimate of drug-likeness (QED) is 0.390. The lowest BCUT2D eigenvalue weighted by Gasteiger charge is -2.27. The highest BCUT2D eigenvalue weighted by molar-refractivity contribution is 7.91. The maximum absolute atomic E-state index is 13.3. The molecule has 168 valence electrons. The third-order valence-corrected chi connectivity index (χ3v) is 8.94. The van der Waals surface area contributed by atoms with Gasteiger partial charge in [0.1, 0.15) is 15.6 Å². The van der Waals surface area contributed by atoms with Crippen molar-refractivity contribution in [3.8, 4) is 10.4 Å². The van der Waals surface area contributed by atoms with Crippen LogP contribution in [0.15, 0.2) is 71.3 Å². The largest absolute Gasteiger partial charge is 0.383 e. The summed E-state index contributed by atoms with van der Waals surface area (Å²) < 4.78 is 29.5. The first-order valence-corrected chi connectivity index (χ1v) is 12.6. The Hall–Kier alpha value is -3.34. The van der Waals surface area contributed by atoms with Gasteiger partial charge in [0.2, 0.25) is 5.91 Å². The Morgan fingerprint density at radius 1 is 1.09 bits per heavy atom. The summed E-state index contributed by atoms with van der Waals surface area (Å²) >= 11 is 1.15. The van der Waals surface area contributed by atoms with Crippen molar-refractivity contribution in [2.45, 2.75) is 22.6 Å². The molecule has 1 fully saturated rings. The van der Waals surface area contributed by atoms with Crippen molar-refractivity contribution in [3.63, 3.8) is 0 Å². The van der Waals surface area contributed by atoms with Crippen LogP contribution in [-0.2, 0) is 21.2 Å². The topological polar surface area (TPSA) is 127 Å². The number of nitrogens with zero attached hydrogens (tertiary/aromatic N) is 2. The third-order valence-electron chi connectivity index (χ3n) is 5.78. The molecular formula is C23H21N5O3S2. The van der Waals surface area contributed by atoms with Gasteiger partial charge in [0.05, 0.1) is 0 Å². The average molecular weight is 480 g/mol. The van der Waals surface area contributed by atoms with Crippen LogP contribution in [0.4, 0.5) is 5.82 Å². The first-order chi connectivity index (χ1) is 15.9. The number of amides is 1. The zero-order chi connectivity index (χ0) is 23.1. The number of hydrogen-bond acceptors (Lipinski definition) is 7. The van der Waals surface area contributed by atoms with Crippen LogP contribution >= 0.6 is 11.3 Å². The molecule has 0 unspecified atom stereocenters. The lowest BCUT2D eigenvalue weighted by atomic mass is 9.89. The highest BCUT2D eigenvalue weighted by Gasteiger charge is 2.46. The van der Waals surface area contributed by atoms with E-state index in [2.05, 4.69) is 20.0 Å². The zero-order valence-electron chi connectivity index (χ0n) is 17.5. The monoisotopic (exact) mass is 479 g/mol. The molecule has 0 bridgehead atoms. The van der Waals surface area contributed by atoms with E-state index in [0.29, 0.717) is 18.8 Å². The molecule has 3 aromatic heterocycles. The average Bonchev–Trinajstić information content (AvgIpc) is 3.43. The minimum absolute atomic E-state index is 0.153. The number of pyridine rings is 2. The number of nitrogens with one attached hydrogen (secondary N) is 2. The molecule has 1 atom stereocenters. The molecule has 1 saturated heterocycles. The maximum atomic E-state index is 13.3. The van der Waals surface area contributed by atoms with Gasteiger partial charge in [-0.3, -0.25) is 9.78 Å². The van der Waals surface area contributed by atoms with E-state index in [9.17, 15) is 13.2 Å². The lowest BCUT2D eigenvalue weighted by molar-refractivity contribution is -0.124. The zero-order valence-corrected chi connectivity index (χ0v) is 19.1. The van der Waals surface area contributed by atoms with Gasteiger partial charge in [-0.1, -0.05) is 12.1 Å². The number of fused-ring (bicyclic) bond motifs is 1. The van der Waals surface area contributed by atoms with Gasteiger partial charge in [-0.05, 0) is 59.3 Å². The Balaban J connectivity index is 1.47. The van der Waals surface area contributed by atoms with Crippen molar-refractivity contribution in [1.82, 2.24) is 20.0 Å². The summed E-state index contributed by atoms with van der Waals surface area (Å²) in [5, 5.41) is 4.48. The summed E-state index contributed by atoms with van der Waals surface area (Å²) in [6.07, 6.45) is 5.49. The number of nitrogen functional groups attached to an aromatic ring is 1. The van der Waals surface area contributed by atoms with Gasteiger partial charge in [-0.25, -0.2) is 13.4 Å². The molecule has 5 rings (SSSR count). The molecule has 1 aromatic carbocycles. The summed E-state index contributed by atoms with van der Waals surface area (Å²) in [4.78, 5) is 21.8. The highest BCUT2D eigenvalue weighted by Crippen LogP contribution is 2.33. The second-order valence-corrected chi connectivity index (χ2v) is 11.0. The van der Waals surface area contributed by atoms with E-state index in [-0.39, 0.29) is 16.5 Å². The van der Waals surface area contributed by atoms with Crippen LogP contribution in [-0.4, -0.2) is 36.4 Å². The van der Waals surface area contributed by atoms with E-state index in [1.54, 1.807) is 30.7 Å². The minimum Gasteiger partial charge on any atom is -0.383 e. The van der Waals surface area contributed by atoms with Crippen LogP contribution in [0.5, 0.6) is 0 Å². The van der Waals surface area contributed by atoms with Crippen molar-refractivity contribution in [2.24, 2.45) is 0 Å². The fraction of sp³-hybridized carbons (Fsp3) is 0.174. The highest BCUT2D eigenvalue weighted by atomic mass is 32.2. The Kier molecular flexibility index (Phi) is 5.35. The predicted octanol–water partition coefficient (Wildman–Crippen LogP) is 2.72. The summed E-state index contributed by atoms with van der Waals surface area (Å²) in [7, 11) is -3.94. The second-order valence-electron chi connectivity index (χ2n) is 7.98. The molecule has 8 nitrogen and oxygen atoms in total. The van der Waals surface area contributed by atoms with Gasteiger partial charge in [-0.2, -0.15) is 4.72 Å². The van der Waals surface area contributed by atoms with Crippen molar-refractivity contribution in [2.75, 3.05) is 12.3 Å². The summed E-state index contributed by atoms with van der Waals surface area (Å²) in [5.74, 6) is 0.0540. The molecule has 1 aliphatic heterocycles. The standard InChI is InChI=1S/C23H21N5O3S2/c24-21-18-13-15(1-2-16(18)7-11-26-21)14-23(8-12-27-22(23)29)28-33(30,31)20-4-3-19(32-20)17-5-9-25-10-6-17/h1-7,9-11,13,28H,8,12,14H2,(H2,24,26)(H,27,29)/t23-/m1/s1. The summed E-state index contributed by atoms with van der Waals surface area (Å²) in [6, 6.07) is 14.5. The van der Waals surface area contributed by atoms with Crippen LogP contribution in [0, 0.1) is 0 Å². The molecule has 10 heteroatoms. The van der Waals surface area contributed by atoms with E-state index in [1.165, 1.54) is 0 Å². The van der Waals surface area contributed by atoms with Gasteiger partial charge in [-0.15, -0.1) is 11.3 Å². The number of rotatable bonds is 6. The molecule has 0 saturated carbocycles. The molecule has 1 amide bonds. The molecule has 33 heavy (non-hydrogen) atoms. The number of nitrogens with two attached hydrogens (primary N) is 1. The molecule has 1 aliphatic rings. The van der Waals surface area contributed by atoms with Crippen LogP contribution in [0.25, 0.3) is 21.2 Å². The Bertz CT molecular complexity index is 1450. The minimum atomic E-state index is -3.94. The van der Waals surface area contributed by atoms with Crippen LogP contribution in [0.1, 0.15) is 12.0 Å². The van der Waals surface area contributed by atoms with E-state index in [1.807, 2.05) is 36.4 Å². The van der Waals surface area contributed by atoms with Crippen LogP contribution < -0.4 is 15.8 Å². The number of hydrogen-bond donors (Lipinski definition) is 3. The van der Waals surface area contributed by atoms with Gasteiger partial charge in [0.25, 0.3) is 10.0 Å². The number of anilines is 1. The number of sulfonamides is 1. The molecule has 4 heterocycles. The smallest absolute Gasteiger partial charge is 0.251 e. The van der Waals surface area contributed by atoms with Gasteiger partial charge < -0.3 is 11.1 Å². The van der Waals surface area contributed by atoms with E-state index in [4.69, 9.17) is 5.73 Å². The first kappa shape index (κ1) is 21.5. The van der Waals surface area contributed by atoms with Crippen LogP contribution in [0.2, 0.25) is 0 Å². The predicted molar refractivity (Wildman–Crippen MR) is 128 cm³/mol. The molecule has 0 radical (unpaired) electrons. The number of carbonyl (C=O) groups is 1. The van der Waals surface area contributed by atoms with Gasteiger partial charge in [0, 0.05) is 41.8 Å². The van der Waals surface area contributed by atoms with E-state index >= 15 is 0 Å². The van der Waals surface area contributed by atoms with Crippen molar-refractivity contribution in [3.05, 3.63) is 72.7 Å². The number of benzene rings is 1. The molecule has 0 spiro atoms. The van der Waals surface area contributed by atoms with Gasteiger partial charge in [0.15, 0.2) is 0 Å². The summed E-state index contributed by atoms with van der Waals surface area (Å²) in [6.45, 7) is 0.394. The van der Waals surface area contributed by atoms with Crippen molar-refractivity contribution in [1.29, 1.82) is 0 Å². The Morgan fingerprint density at radius 2 is 1.91 bits per heavy atom. The normalized spacial score (nSPS) is 18.5. The summed E-state index contributed by atoms with van der Waals surface area (Å²) in [5.41, 5.74) is 6.41. The fourth-order valence-electron chi connectivity index (χ4n) is 4.11. The van der Waals surface area contributed by atoms with Crippen molar-refractivity contribution < 1.29 is 13.2 Å². The second kappa shape index (κ2) is 8.22. The lowest BCUT2D eigenvalue weighted by Crippen LogP contribution is -2.54. The molecule has 4 N–H and O–H groups in total. The SMILES string of the molecule is Nc1nccc2ccc(C[C@]3(NS(=O)(=O)c4ccc(-c5ccncc5)s4)CCNC3=O)cc12. The number of carbonyl (C=O) groups excluding carboxylic acids is 1. The van der Waals surface area contributed by atoms with Gasteiger partial charge >= 0.3 is 0 Å². The Morgan fingerprint density at radius 3 is 2.67 bits per heavy atom. The van der Waals surface area contributed by atoms with Crippen molar-refractivity contribution >= 4 is 43.9 Å². The third kappa shape index (κ3) is 4.08. The molecular weight excluding hydrogens is 458 g/mol. The molecule has 0 aliphatic carbocycles.